The normalized spacial score (nSPS) is 18.3. The van der Waals surface area contributed by atoms with Gasteiger partial charge in [-0.25, -0.2) is 4.79 Å². The van der Waals surface area contributed by atoms with Gasteiger partial charge in [0.2, 0.25) is 0 Å². The first-order valence-corrected chi connectivity index (χ1v) is 8.52. The lowest BCUT2D eigenvalue weighted by molar-refractivity contribution is 0.233. The van der Waals surface area contributed by atoms with Crippen LogP contribution in [0.5, 0.6) is 0 Å². The van der Waals surface area contributed by atoms with Crippen molar-refractivity contribution >= 4 is 17.8 Å². The predicted molar refractivity (Wildman–Crippen MR) is 88.1 cm³/mol. The number of hydrogen-bond donors (Lipinski definition) is 2. The lowest BCUT2D eigenvalue weighted by atomic mass is 10.0. The van der Waals surface area contributed by atoms with Crippen LogP contribution in [0.1, 0.15) is 30.7 Å². The summed E-state index contributed by atoms with van der Waals surface area (Å²) < 4.78 is 5.31. The fourth-order valence-electron chi connectivity index (χ4n) is 2.70. The maximum Gasteiger partial charge on any atom is 0.315 e. The van der Waals surface area contributed by atoms with Gasteiger partial charge in [-0.1, -0.05) is 18.2 Å². The molecular formula is C17H20N2O2S. The summed E-state index contributed by atoms with van der Waals surface area (Å²) in [4.78, 5) is 13.5. The van der Waals surface area contributed by atoms with Crippen LogP contribution in [0.25, 0.3) is 0 Å². The van der Waals surface area contributed by atoms with Crippen LogP contribution in [0.3, 0.4) is 0 Å². The molecule has 2 N–H and O–H groups in total. The molecular weight excluding hydrogens is 296 g/mol. The molecule has 0 radical (unpaired) electrons. The van der Waals surface area contributed by atoms with Gasteiger partial charge in [0.05, 0.1) is 12.3 Å². The van der Waals surface area contributed by atoms with Crippen molar-refractivity contribution in [3.05, 3.63) is 54.0 Å². The Labute approximate surface area is 134 Å². The first-order chi connectivity index (χ1) is 10.7. The molecule has 0 saturated carbocycles. The Morgan fingerprint density at radius 1 is 1.36 bits per heavy atom. The molecule has 1 aromatic heterocycles. The van der Waals surface area contributed by atoms with Crippen molar-refractivity contribution in [1.29, 1.82) is 0 Å². The summed E-state index contributed by atoms with van der Waals surface area (Å²) in [6.45, 7) is 1.98. The predicted octanol–water partition coefficient (Wildman–Crippen LogP) is 3.75. The maximum atomic E-state index is 12.2. The number of fused-ring (bicyclic) bond motifs is 1. The molecule has 3 rings (SSSR count). The van der Waals surface area contributed by atoms with E-state index in [-0.39, 0.29) is 18.1 Å². The Bertz CT molecular complexity index is 627. The number of carbonyl (C=O) groups is 1. The third-order valence-electron chi connectivity index (χ3n) is 3.73. The summed E-state index contributed by atoms with van der Waals surface area (Å²) in [5.41, 5.74) is 1.22. The van der Waals surface area contributed by atoms with Crippen LogP contribution in [-0.2, 0) is 6.42 Å². The van der Waals surface area contributed by atoms with Gasteiger partial charge in [0, 0.05) is 23.1 Å². The number of hydrogen-bond acceptors (Lipinski definition) is 3. The summed E-state index contributed by atoms with van der Waals surface area (Å²) >= 11 is 1.85. The summed E-state index contributed by atoms with van der Waals surface area (Å²) in [6.07, 6.45) is 3.30. The van der Waals surface area contributed by atoms with E-state index in [0.29, 0.717) is 6.42 Å². The van der Waals surface area contributed by atoms with Gasteiger partial charge in [-0.3, -0.25) is 0 Å². The van der Waals surface area contributed by atoms with Gasteiger partial charge in [0.1, 0.15) is 5.76 Å². The van der Waals surface area contributed by atoms with Gasteiger partial charge < -0.3 is 15.1 Å². The molecule has 0 unspecified atom stereocenters. The average molecular weight is 316 g/mol. The van der Waals surface area contributed by atoms with E-state index in [4.69, 9.17) is 4.42 Å². The fraction of sp³-hybridized carbons (Fsp3) is 0.353. The molecule has 116 valence electrons. The van der Waals surface area contributed by atoms with Gasteiger partial charge in [0.25, 0.3) is 0 Å². The molecule has 0 bridgehead atoms. The Balaban J connectivity index is 1.56. The first-order valence-electron chi connectivity index (χ1n) is 7.53. The molecule has 2 atom stereocenters. The van der Waals surface area contributed by atoms with Crippen molar-refractivity contribution in [3.63, 3.8) is 0 Å². The lowest BCUT2D eigenvalue weighted by Crippen LogP contribution is -2.43. The SMILES string of the molecule is C[C@H](Cc1ccco1)NC(=O)N[C@H]1CCSc2ccccc21. The second-order valence-electron chi connectivity index (χ2n) is 5.53. The number of furan rings is 1. The van der Waals surface area contributed by atoms with Crippen molar-refractivity contribution in [2.24, 2.45) is 0 Å². The highest BCUT2D eigenvalue weighted by Gasteiger charge is 2.22. The van der Waals surface area contributed by atoms with Gasteiger partial charge in [-0.15, -0.1) is 11.8 Å². The van der Waals surface area contributed by atoms with Crippen molar-refractivity contribution < 1.29 is 9.21 Å². The Kier molecular flexibility index (Phi) is 4.73. The van der Waals surface area contributed by atoms with Gasteiger partial charge in [0.15, 0.2) is 0 Å². The van der Waals surface area contributed by atoms with Crippen molar-refractivity contribution in [1.82, 2.24) is 10.6 Å². The highest BCUT2D eigenvalue weighted by molar-refractivity contribution is 7.99. The number of urea groups is 1. The number of rotatable bonds is 4. The zero-order valence-corrected chi connectivity index (χ0v) is 13.4. The average Bonchev–Trinajstić information content (AvgIpc) is 3.00. The lowest BCUT2D eigenvalue weighted by Gasteiger charge is -2.26. The maximum absolute atomic E-state index is 12.2. The Morgan fingerprint density at radius 2 is 2.23 bits per heavy atom. The van der Waals surface area contributed by atoms with E-state index in [1.54, 1.807) is 6.26 Å². The number of carbonyl (C=O) groups excluding carboxylic acids is 1. The van der Waals surface area contributed by atoms with Crippen LogP contribution in [0.2, 0.25) is 0 Å². The highest BCUT2D eigenvalue weighted by atomic mass is 32.2. The third kappa shape index (κ3) is 3.65. The minimum absolute atomic E-state index is 0.0272. The minimum atomic E-state index is -0.120. The van der Waals surface area contributed by atoms with E-state index < -0.39 is 0 Å². The van der Waals surface area contributed by atoms with Crippen LogP contribution in [-0.4, -0.2) is 17.8 Å². The summed E-state index contributed by atoms with van der Waals surface area (Å²) in [5.74, 6) is 1.91. The molecule has 1 aliphatic rings. The third-order valence-corrected chi connectivity index (χ3v) is 4.85. The highest BCUT2D eigenvalue weighted by Crippen LogP contribution is 2.35. The van der Waals surface area contributed by atoms with E-state index >= 15 is 0 Å². The van der Waals surface area contributed by atoms with Gasteiger partial charge in [-0.05, 0) is 37.1 Å². The molecule has 2 aromatic rings. The largest absolute Gasteiger partial charge is 0.469 e. The van der Waals surface area contributed by atoms with Crippen LogP contribution in [0, 0.1) is 0 Å². The van der Waals surface area contributed by atoms with Gasteiger partial charge >= 0.3 is 6.03 Å². The van der Waals surface area contributed by atoms with E-state index in [0.717, 1.165) is 17.9 Å². The monoisotopic (exact) mass is 316 g/mol. The summed E-state index contributed by atoms with van der Waals surface area (Å²) in [5, 5.41) is 6.07. The van der Waals surface area contributed by atoms with Crippen molar-refractivity contribution in [3.8, 4) is 0 Å². The van der Waals surface area contributed by atoms with Crippen LogP contribution in [0.4, 0.5) is 4.79 Å². The summed E-state index contributed by atoms with van der Waals surface area (Å²) in [7, 11) is 0. The van der Waals surface area contributed by atoms with E-state index in [1.165, 1.54) is 10.5 Å². The number of benzene rings is 1. The summed E-state index contributed by atoms with van der Waals surface area (Å²) in [6, 6.07) is 12.1. The minimum Gasteiger partial charge on any atom is -0.469 e. The number of amides is 2. The number of thioether (sulfide) groups is 1. The standard InChI is InChI=1S/C17H20N2O2S/c1-12(11-13-5-4-9-21-13)18-17(20)19-15-8-10-22-16-7-3-2-6-14(15)16/h2-7,9,12,15H,8,10-11H2,1H3,(H2,18,19,20)/t12-,15+/m1/s1. The van der Waals surface area contributed by atoms with Gasteiger partial charge in [-0.2, -0.15) is 0 Å². The molecule has 0 aliphatic carbocycles. The van der Waals surface area contributed by atoms with E-state index in [1.807, 2.05) is 43.0 Å². The van der Waals surface area contributed by atoms with Crippen molar-refractivity contribution in [2.75, 3.05) is 5.75 Å². The smallest absolute Gasteiger partial charge is 0.315 e. The second-order valence-corrected chi connectivity index (χ2v) is 6.67. The quantitative estimate of drug-likeness (QED) is 0.903. The molecule has 2 amide bonds. The van der Waals surface area contributed by atoms with Crippen LogP contribution in [0.15, 0.2) is 52.0 Å². The molecule has 0 saturated heterocycles. The number of nitrogens with one attached hydrogen (secondary N) is 2. The van der Waals surface area contributed by atoms with E-state index in [9.17, 15) is 4.79 Å². The molecule has 0 spiro atoms. The molecule has 22 heavy (non-hydrogen) atoms. The van der Waals surface area contributed by atoms with Crippen LogP contribution >= 0.6 is 11.8 Å². The Hall–Kier alpha value is -1.88. The first kappa shape index (κ1) is 15.0. The molecule has 2 heterocycles. The molecule has 1 aliphatic heterocycles. The fourth-order valence-corrected chi connectivity index (χ4v) is 3.82. The van der Waals surface area contributed by atoms with E-state index in [2.05, 4.69) is 22.8 Å². The Morgan fingerprint density at radius 3 is 3.05 bits per heavy atom. The molecule has 5 heteroatoms. The van der Waals surface area contributed by atoms with Crippen LogP contribution < -0.4 is 10.6 Å². The molecule has 0 fully saturated rings. The zero-order chi connectivity index (χ0) is 15.4. The topological polar surface area (TPSA) is 54.3 Å². The van der Waals surface area contributed by atoms with Crippen molar-refractivity contribution in [2.45, 2.75) is 36.7 Å². The second kappa shape index (κ2) is 6.92. The molecule has 4 nitrogen and oxygen atoms in total. The zero-order valence-electron chi connectivity index (χ0n) is 12.5. The molecule has 1 aromatic carbocycles.